The molecule has 2 aromatic carbocycles. The van der Waals surface area contributed by atoms with Crippen molar-refractivity contribution in [1.82, 2.24) is 4.90 Å². The Kier molecular flexibility index (Phi) is 8.75. The first-order chi connectivity index (χ1) is 19.3. The second-order valence-corrected chi connectivity index (χ2v) is 21.6. The van der Waals surface area contributed by atoms with Crippen LogP contribution in [0.2, 0.25) is 18.1 Å². The third kappa shape index (κ3) is 6.89. The summed E-state index contributed by atoms with van der Waals surface area (Å²) in [5.41, 5.74) is 1.29. The topological polar surface area (TPSA) is 76.2 Å². The summed E-state index contributed by atoms with van der Waals surface area (Å²) < 4.78 is 39.6. The van der Waals surface area contributed by atoms with Crippen molar-refractivity contribution in [3.05, 3.63) is 65.7 Å². The lowest BCUT2D eigenvalue weighted by atomic mass is 9.79. The van der Waals surface area contributed by atoms with E-state index in [1.807, 2.05) is 80.3 Å². The van der Waals surface area contributed by atoms with Gasteiger partial charge in [0.1, 0.15) is 5.60 Å². The minimum Gasteiger partial charge on any atom is -0.444 e. The third-order valence-electron chi connectivity index (χ3n) is 9.47. The lowest BCUT2D eigenvalue weighted by Gasteiger charge is -2.43. The van der Waals surface area contributed by atoms with Crippen molar-refractivity contribution in [3.63, 3.8) is 0 Å². The number of benzene rings is 2. The Morgan fingerprint density at radius 1 is 0.881 bits per heavy atom. The Bertz CT molecular complexity index is 1350. The highest BCUT2D eigenvalue weighted by molar-refractivity contribution is 7.92. The predicted octanol–water partition coefficient (Wildman–Crippen LogP) is 7.52. The zero-order chi connectivity index (χ0) is 31.2. The summed E-state index contributed by atoms with van der Waals surface area (Å²) in [6, 6.07) is 17.4. The monoisotopic (exact) mass is 614 g/mol. The van der Waals surface area contributed by atoms with Gasteiger partial charge in [-0.1, -0.05) is 63.2 Å². The number of ether oxygens (including phenoxy) is 1. The SMILES string of the molecule is CC(C)(C)OC(=O)N1C2(CO[Si](C)(C)C(C)(C)C)CCC1(Cc1ccc(N(Cc3ccccc3)S(C)(=O)=O)cc1)CC2. The van der Waals surface area contributed by atoms with E-state index in [-0.39, 0.29) is 28.8 Å². The molecule has 9 heteroatoms. The normalized spacial score (nSPS) is 22.8. The highest BCUT2D eigenvalue weighted by Crippen LogP contribution is 2.56. The maximum absolute atomic E-state index is 13.9. The highest BCUT2D eigenvalue weighted by atomic mass is 32.2. The zero-order valence-corrected chi connectivity index (χ0v) is 28.8. The first kappa shape index (κ1) is 32.5. The molecule has 0 radical (unpaired) electrons. The number of rotatable bonds is 9. The van der Waals surface area contributed by atoms with Crippen molar-refractivity contribution >= 4 is 30.1 Å². The van der Waals surface area contributed by atoms with Crippen molar-refractivity contribution < 1.29 is 22.4 Å². The van der Waals surface area contributed by atoms with E-state index >= 15 is 0 Å². The first-order valence-electron chi connectivity index (χ1n) is 15.1. The number of hydrogen-bond donors (Lipinski definition) is 0. The molecule has 2 bridgehead atoms. The van der Waals surface area contributed by atoms with E-state index in [0.29, 0.717) is 18.7 Å². The molecule has 0 aromatic heterocycles. The molecule has 0 spiro atoms. The van der Waals surface area contributed by atoms with E-state index in [2.05, 4.69) is 33.9 Å². The van der Waals surface area contributed by atoms with Crippen molar-refractivity contribution in [2.75, 3.05) is 17.2 Å². The van der Waals surface area contributed by atoms with Gasteiger partial charge in [0.2, 0.25) is 10.0 Å². The molecule has 2 aromatic rings. The number of hydrogen-bond acceptors (Lipinski definition) is 5. The van der Waals surface area contributed by atoms with Gasteiger partial charge in [-0.25, -0.2) is 13.2 Å². The molecule has 2 aliphatic rings. The Labute approximate surface area is 254 Å². The summed E-state index contributed by atoms with van der Waals surface area (Å²) in [5, 5.41) is 0.0802. The van der Waals surface area contributed by atoms with Gasteiger partial charge in [0.25, 0.3) is 0 Å². The molecule has 0 aliphatic carbocycles. The molecule has 0 unspecified atom stereocenters. The molecule has 4 rings (SSSR count). The smallest absolute Gasteiger partial charge is 0.411 e. The number of sulfonamides is 1. The molecule has 42 heavy (non-hydrogen) atoms. The Morgan fingerprint density at radius 2 is 1.43 bits per heavy atom. The van der Waals surface area contributed by atoms with Gasteiger partial charge in [-0.15, -0.1) is 0 Å². The van der Waals surface area contributed by atoms with Crippen LogP contribution in [-0.2, 0) is 32.2 Å². The van der Waals surface area contributed by atoms with Gasteiger partial charge in [-0.05, 0) is 94.3 Å². The van der Waals surface area contributed by atoms with Crippen LogP contribution >= 0.6 is 0 Å². The van der Waals surface area contributed by atoms with Gasteiger partial charge in [-0.3, -0.25) is 9.21 Å². The number of fused-ring (bicyclic) bond motifs is 2. The Hall–Kier alpha value is -2.36. The van der Waals surface area contributed by atoms with Gasteiger partial charge in [0.05, 0.1) is 36.2 Å². The fourth-order valence-electron chi connectivity index (χ4n) is 6.13. The van der Waals surface area contributed by atoms with Crippen LogP contribution in [0.25, 0.3) is 0 Å². The van der Waals surface area contributed by atoms with E-state index < -0.39 is 23.9 Å². The molecule has 2 fully saturated rings. The average molecular weight is 615 g/mol. The standard InChI is InChI=1S/C33H50N2O5SSi/c1-30(2,3)40-29(36)35-32(19-21-33(35,22-20-32)25-39-42(8,9)31(4,5)6)23-26-15-17-28(18-16-26)34(41(7,37)38)24-27-13-11-10-12-14-27/h10-18H,19-25H2,1-9H3. The molecular weight excluding hydrogens is 565 g/mol. The molecule has 7 nitrogen and oxygen atoms in total. The number of carbonyl (C=O) groups excluding carboxylic acids is 1. The van der Waals surface area contributed by atoms with E-state index in [1.54, 1.807) is 0 Å². The maximum Gasteiger partial charge on any atom is 0.411 e. The second kappa shape index (κ2) is 11.3. The van der Waals surface area contributed by atoms with Crippen molar-refractivity contribution in [2.45, 2.75) is 115 Å². The molecular formula is C33H50N2O5SSi. The van der Waals surface area contributed by atoms with E-state index in [4.69, 9.17) is 9.16 Å². The first-order valence-corrected chi connectivity index (χ1v) is 19.8. The van der Waals surface area contributed by atoms with Crippen LogP contribution in [0.5, 0.6) is 0 Å². The van der Waals surface area contributed by atoms with Crippen LogP contribution in [-0.4, -0.2) is 57.3 Å². The molecule has 1 amide bonds. The number of carbonyl (C=O) groups is 1. The summed E-state index contributed by atoms with van der Waals surface area (Å²) in [6.45, 7) is 17.8. The molecule has 0 N–H and O–H groups in total. The third-order valence-corrected chi connectivity index (χ3v) is 15.1. The van der Waals surface area contributed by atoms with Crippen LogP contribution in [0.15, 0.2) is 54.6 Å². The van der Waals surface area contributed by atoms with Crippen LogP contribution in [0.4, 0.5) is 10.5 Å². The van der Waals surface area contributed by atoms with E-state index in [1.165, 1.54) is 10.6 Å². The fourth-order valence-corrected chi connectivity index (χ4v) is 8.08. The van der Waals surface area contributed by atoms with Gasteiger partial charge in [-0.2, -0.15) is 0 Å². The van der Waals surface area contributed by atoms with Crippen LogP contribution in [0.3, 0.4) is 0 Å². The molecule has 0 atom stereocenters. The Balaban J connectivity index is 1.60. The summed E-state index contributed by atoms with van der Waals surface area (Å²) in [6.07, 6.45) is 5.21. The lowest BCUT2D eigenvalue weighted by molar-refractivity contribution is -0.0128. The minimum absolute atomic E-state index is 0.0802. The van der Waals surface area contributed by atoms with Crippen LogP contribution in [0.1, 0.15) is 78.4 Å². The van der Waals surface area contributed by atoms with Gasteiger partial charge in [0, 0.05) is 0 Å². The number of anilines is 1. The maximum atomic E-state index is 13.9. The van der Waals surface area contributed by atoms with Crippen molar-refractivity contribution in [1.29, 1.82) is 0 Å². The van der Waals surface area contributed by atoms with Gasteiger partial charge < -0.3 is 9.16 Å². The summed E-state index contributed by atoms with van der Waals surface area (Å²) in [7, 11) is -5.50. The van der Waals surface area contributed by atoms with Crippen molar-refractivity contribution in [2.24, 2.45) is 0 Å². The minimum atomic E-state index is -3.48. The van der Waals surface area contributed by atoms with Gasteiger partial charge >= 0.3 is 6.09 Å². The number of nitrogens with zero attached hydrogens (tertiary/aromatic N) is 2. The fraction of sp³-hybridized carbons (Fsp3) is 0.606. The molecule has 232 valence electrons. The van der Waals surface area contributed by atoms with Gasteiger partial charge in [0.15, 0.2) is 8.32 Å². The summed E-state index contributed by atoms with van der Waals surface area (Å²) >= 11 is 0. The van der Waals surface area contributed by atoms with Crippen molar-refractivity contribution in [3.8, 4) is 0 Å². The molecule has 2 aliphatic heterocycles. The second-order valence-electron chi connectivity index (χ2n) is 14.9. The summed E-state index contributed by atoms with van der Waals surface area (Å²) in [5.74, 6) is 0. The predicted molar refractivity (Wildman–Crippen MR) is 173 cm³/mol. The van der Waals surface area contributed by atoms with Crippen LogP contribution in [0, 0.1) is 0 Å². The zero-order valence-electron chi connectivity index (χ0n) is 27.0. The molecule has 2 saturated heterocycles. The molecule has 0 saturated carbocycles. The largest absolute Gasteiger partial charge is 0.444 e. The average Bonchev–Trinajstić information content (AvgIpc) is 3.35. The highest BCUT2D eigenvalue weighted by Gasteiger charge is 2.63. The summed E-state index contributed by atoms with van der Waals surface area (Å²) in [4.78, 5) is 15.9. The van der Waals surface area contributed by atoms with Crippen LogP contribution < -0.4 is 4.31 Å². The Morgan fingerprint density at radius 3 is 1.93 bits per heavy atom. The van der Waals surface area contributed by atoms with E-state index in [0.717, 1.165) is 36.8 Å². The molecule has 2 heterocycles. The quantitative estimate of drug-likeness (QED) is 0.273. The lowest BCUT2D eigenvalue weighted by Crippen LogP contribution is -2.56. The van der Waals surface area contributed by atoms with E-state index in [9.17, 15) is 13.2 Å². The number of amides is 1.